The van der Waals surface area contributed by atoms with E-state index in [4.69, 9.17) is 23.2 Å². The first-order valence-electron chi connectivity index (χ1n) is 7.52. The lowest BCUT2D eigenvalue weighted by Gasteiger charge is -2.12. The molecule has 3 aromatic rings. The average molecular weight is 375 g/mol. The number of thioether (sulfide) groups is 1. The second kappa shape index (κ2) is 8.43. The van der Waals surface area contributed by atoms with Gasteiger partial charge in [-0.05, 0) is 29.8 Å². The minimum Gasteiger partial charge on any atom is -0.379 e. The second-order valence-corrected chi connectivity index (χ2v) is 7.07. The van der Waals surface area contributed by atoms with Gasteiger partial charge in [-0.1, -0.05) is 59.6 Å². The van der Waals surface area contributed by atoms with E-state index in [1.54, 1.807) is 18.0 Å². The van der Waals surface area contributed by atoms with Gasteiger partial charge in [0, 0.05) is 23.4 Å². The van der Waals surface area contributed by atoms with E-state index in [-0.39, 0.29) is 0 Å². The fourth-order valence-corrected chi connectivity index (χ4v) is 3.87. The molecule has 0 atom stereocenters. The highest BCUT2D eigenvalue weighted by atomic mass is 35.5. The van der Waals surface area contributed by atoms with Crippen LogP contribution >= 0.6 is 35.0 Å². The Morgan fingerprint density at radius 2 is 1.62 bits per heavy atom. The van der Waals surface area contributed by atoms with E-state index in [2.05, 4.69) is 22.4 Å². The van der Waals surface area contributed by atoms with Crippen molar-refractivity contribution >= 4 is 40.7 Å². The number of nitrogens with one attached hydrogen (secondary N) is 1. The van der Waals surface area contributed by atoms with E-state index in [1.807, 2.05) is 48.5 Å². The highest BCUT2D eigenvalue weighted by Gasteiger charge is 2.09. The molecule has 5 heteroatoms. The van der Waals surface area contributed by atoms with Crippen LogP contribution in [0, 0.1) is 0 Å². The average Bonchev–Trinajstić information content (AvgIpc) is 2.61. The molecule has 0 spiro atoms. The molecule has 0 saturated heterocycles. The summed E-state index contributed by atoms with van der Waals surface area (Å²) in [5.74, 6) is 0.782. The molecule has 0 bridgehead atoms. The van der Waals surface area contributed by atoms with Crippen LogP contribution in [-0.2, 0) is 12.3 Å². The molecular weight excluding hydrogens is 359 g/mol. The molecule has 0 aliphatic carbocycles. The number of nitrogens with zero attached hydrogens (tertiary/aromatic N) is 1. The van der Waals surface area contributed by atoms with Crippen molar-refractivity contribution in [2.75, 3.05) is 5.32 Å². The summed E-state index contributed by atoms with van der Waals surface area (Å²) < 4.78 is 0. The lowest BCUT2D eigenvalue weighted by molar-refractivity contribution is 1.15. The summed E-state index contributed by atoms with van der Waals surface area (Å²) in [5.41, 5.74) is 2.98. The SMILES string of the molecule is Clc1cc(SCc2ccccn2)cc(Cl)c1NCc1ccccc1. The van der Waals surface area contributed by atoms with Gasteiger partial charge in [0.05, 0.1) is 21.4 Å². The molecule has 2 nitrogen and oxygen atoms in total. The smallest absolute Gasteiger partial charge is 0.0722 e. The number of hydrogen-bond acceptors (Lipinski definition) is 3. The predicted molar refractivity (Wildman–Crippen MR) is 104 cm³/mol. The second-order valence-electron chi connectivity index (χ2n) is 5.21. The van der Waals surface area contributed by atoms with Crippen molar-refractivity contribution in [3.8, 4) is 0 Å². The van der Waals surface area contributed by atoms with Gasteiger partial charge in [-0.15, -0.1) is 11.8 Å². The van der Waals surface area contributed by atoms with Crippen LogP contribution in [0.2, 0.25) is 10.0 Å². The molecule has 1 heterocycles. The van der Waals surface area contributed by atoms with Crippen molar-refractivity contribution in [1.29, 1.82) is 0 Å². The van der Waals surface area contributed by atoms with Crippen LogP contribution in [0.4, 0.5) is 5.69 Å². The van der Waals surface area contributed by atoms with Crippen molar-refractivity contribution in [2.24, 2.45) is 0 Å². The van der Waals surface area contributed by atoms with Gasteiger partial charge in [0.2, 0.25) is 0 Å². The number of pyridine rings is 1. The van der Waals surface area contributed by atoms with Gasteiger partial charge in [0.15, 0.2) is 0 Å². The summed E-state index contributed by atoms with van der Waals surface area (Å²) in [6.45, 7) is 0.681. The zero-order valence-corrected chi connectivity index (χ0v) is 15.2. The number of anilines is 1. The fraction of sp³-hybridized carbons (Fsp3) is 0.105. The van der Waals surface area contributed by atoms with Crippen LogP contribution in [0.15, 0.2) is 71.8 Å². The third kappa shape index (κ3) is 4.67. The van der Waals surface area contributed by atoms with Gasteiger partial charge in [-0.3, -0.25) is 4.98 Å². The summed E-state index contributed by atoms with van der Waals surface area (Å²) in [7, 11) is 0. The van der Waals surface area contributed by atoms with Crippen LogP contribution in [0.1, 0.15) is 11.3 Å². The monoisotopic (exact) mass is 374 g/mol. The Labute approximate surface area is 156 Å². The first-order valence-corrected chi connectivity index (χ1v) is 9.26. The lowest BCUT2D eigenvalue weighted by Crippen LogP contribution is -2.00. The van der Waals surface area contributed by atoms with Gasteiger partial charge >= 0.3 is 0 Å². The molecule has 2 aromatic carbocycles. The molecular formula is C19H16Cl2N2S. The Bertz CT molecular complexity index is 772. The number of benzene rings is 2. The molecule has 1 aromatic heterocycles. The molecule has 24 heavy (non-hydrogen) atoms. The number of halogens is 2. The van der Waals surface area contributed by atoms with E-state index < -0.39 is 0 Å². The van der Waals surface area contributed by atoms with Gasteiger partial charge in [-0.25, -0.2) is 0 Å². The third-order valence-corrected chi connectivity index (χ3v) is 5.05. The van der Waals surface area contributed by atoms with Crippen molar-refractivity contribution < 1.29 is 0 Å². The minimum atomic E-state index is 0.627. The van der Waals surface area contributed by atoms with Crippen LogP contribution in [0.3, 0.4) is 0 Å². The normalized spacial score (nSPS) is 10.6. The van der Waals surface area contributed by atoms with Gasteiger partial charge in [-0.2, -0.15) is 0 Å². The standard InChI is InChI=1S/C19H16Cl2N2S/c20-17-10-16(24-13-15-8-4-5-9-22-15)11-18(21)19(17)23-12-14-6-2-1-3-7-14/h1-11,23H,12-13H2. The Morgan fingerprint density at radius 1 is 0.917 bits per heavy atom. The molecule has 1 N–H and O–H groups in total. The number of hydrogen-bond donors (Lipinski definition) is 1. The van der Waals surface area contributed by atoms with Crippen molar-refractivity contribution in [3.05, 3.63) is 88.2 Å². The molecule has 3 rings (SSSR count). The lowest BCUT2D eigenvalue weighted by atomic mass is 10.2. The topological polar surface area (TPSA) is 24.9 Å². The molecule has 0 aliphatic heterocycles. The molecule has 0 amide bonds. The summed E-state index contributed by atoms with van der Waals surface area (Å²) >= 11 is 14.5. The quantitative estimate of drug-likeness (QED) is 0.512. The Kier molecular flexibility index (Phi) is 6.02. The maximum atomic E-state index is 6.41. The predicted octanol–water partition coefficient (Wildman–Crippen LogP) is 6.29. The Hall–Kier alpha value is -1.68. The van der Waals surface area contributed by atoms with E-state index in [9.17, 15) is 0 Å². The van der Waals surface area contributed by atoms with Crippen LogP contribution < -0.4 is 5.32 Å². The molecule has 0 aliphatic rings. The first-order chi connectivity index (χ1) is 11.7. The minimum absolute atomic E-state index is 0.627. The van der Waals surface area contributed by atoms with E-state index in [0.29, 0.717) is 16.6 Å². The van der Waals surface area contributed by atoms with Crippen LogP contribution in [0.25, 0.3) is 0 Å². The molecule has 0 fully saturated rings. The van der Waals surface area contributed by atoms with E-state index >= 15 is 0 Å². The van der Waals surface area contributed by atoms with Crippen LogP contribution in [0.5, 0.6) is 0 Å². The highest BCUT2D eigenvalue weighted by molar-refractivity contribution is 7.98. The highest BCUT2D eigenvalue weighted by Crippen LogP contribution is 2.36. The van der Waals surface area contributed by atoms with Crippen LogP contribution in [-0.4, -0.2) is 4.98 Å². The van der Waals surface area contributed by atoms with Crippen molar-refractivity contribution in [3.63, 3.8) is 0 Å². The Balaban J connectivity index is 1.67. The van der Waals surface area contributed by atoms with Gasteiger partial charge in [0.1, 0.15) is 0 Å². The maximum Gasteiger partial charge on any atom is 0.0722 e. The van der Waals surface area contributed by atoms with E-state index in [1.165, 1.54) is 5.56 Å². The zero-order valence-electron chi connectivity index (χ0n) is 12.9. The summed E-state index contributed by atoms with van der Waals surface area (Å²) in [5, 5.41) is 4.57. The first kappa shape index (κ1) is 17.2. The van der Waals surface area contributed by atoms with Crippen molar-refractivity contribution in [1.82, 2.24) is 4.98 Å². The van der Waals surface area contributed by atoms with Crippen molar-refractivity contribution in [2.45, 2.75) is 17.2 Å². The summed E-state index contributed by atoms with van der Waals surface area (Å²) in [6, 6.07) is 19.9. The number of aromatic nitrogens is 1. The zero-order chi connectivity index (χ0) is 16.8. The molecule has 0 radical (unpaired) electrons. The summed E-state index contributed by atoms with van der Waals surface area (Å²) in [4.78, 5) is 5.35. The maximum absolute atomic E-state index is 6.41. The van der Waals surface area contributed by atoms with Gasteiger partial charge < -0.3 is 5.32 Å². The molecule has 122 valence electrons. The largest absolute Gasteiger partial charge is 0.379 e. The third-order valence-electron chi connectivity index (χ3n) is 3.44. The Morgan fingerprint density at radius 3 is 2.29 bits per heavy atom. The van der Waals surface area contributed by atoms with Gasteiger partial charge in [0.25, 0.3) is 0 Å². The fourth-order valence-electron chi connectivity index (χ4n) is 2.23. The number of rotatable bonds is 6. The summed E-state index contributed by atoms with van der Waals surface area (Å²) in [6.07, 6.45) is 1.80. The van der Waals surface area contributed by atoms with E-state index in [0.717, 1.165) is 22.0 Å². The molecule has 0 unspecified atom stereocenters. The molecule has 0 saturated carbocycles.